The zero-order valence-corrected chi connectivity index (χ0v) is 9.18. The van der Waals surface area contributed by atoms with Crippen LogP contribution >= 0.6 is 22.6 Å². The van der Waals surface area contributed by atoms with Crippen LogP contribution in [0.15, 0.2) is 6.07 Å². The van der Waals surface area contributed by atoms with Crippen LogP contribution in [-0.2, 0) is 6.54 Å². The number of aromatic nitrogens is 1. The number of alkyl halides is 2. The summed E-state index contributed by atoms with van der Waals surface area (Å²) in [6.07, 6.45) is -2.48. The number of rotatable bonds is 2. The standard InChI is InChI=1S/C8H9F2IN2/c1-4-6(3-12)5(8(9)10)2-7(11)13-4/h2,8H,3,12H2,1H3. The Morgan fingerprint density at radius 3 is 2.69 bits per heavy atom. The number of hydrogen-bond acceptors (Lipinski definition) is 2. The Hall–Kier alpha value is -0.300. The van der Waals surface area contributed by atoms with Gasteiger partial charge in [0.2, 0.25) is 0 Å². The summed E-state index contributed by atoms with van der Waals surface area (Å²) in [6.45, 7) is 1.80. The van der Waals surface area contributed by atoms with Crippen LogP contribution in [0, 0.1) is 10.6 Å². The van der Waals surface area contributed by atoms with Crippen molar-refractivity contribution in [2.24, 2.45) is 5.73 Å². The van der Waals surface area contributed by atoms with Gasteiger partial charge in [-0.3, -0.25) is 0 Å². The van der Waals surface area contributed by atoms with Gasteiger partial charge in [-0.15, -0.1) is 0 Å². The number of nitrogens with zero attached hydrogens (tertiary/aromatic N) is 1. The zero-order chi connectivity index (χ0) is 10.0. The minimum absolute atomic E-state index is 0.000556. The van der Waals surface area contributed by atoms with E-state index in [0.29, 0.717) is 15.0 Å². The Labute approximate surface area is 88.7 Å². The molecule has 0 aliphatic carbocycles. The van der Waals surface area contributed by atoms with Gasteiger partial charge in [0.25, 0.3) is 6.43 Å². The van der Waals surface area contributed by atoms with Crippen molar-refractivity contribution in [3.8, 4) is 0 Å². The van der Waals surface area contributed by atoms with Crippen LogP contribution in [0.4, 0.5) is 8.78 Å². The van der Waals surface area contributed by atoms with E-state index in [0.717, 1.165) is 0 Å². The second-order valence-electron chi connectivity index (χ2n) is 2.60. The molecule has 0 aliphatic rings. The second kappa shape index (κ2) is 4.28. The average molecular weight is 298 g/mol. The third-order valence-electron chi connectivity index (χ3n) is 1.77. The number of halogens is 3. The van der Waals surface area contributed by atoms with Gasteiger partial charge in [-0.05, 0) is 41.1 Å². The number of pyridine rings is 1. The van der Waals surface area contributed by atoms with Crippen LogP contribution in [-0.4, -0.2) is 4.98 Å². The van der Waals surface area contributed by atoms with Crippen molar-refractivity contribution in [2.75, 3.05) is 0 Å². The quantitative estimate of drug-likeness (QED) is 0.672. The molecule has 1 heterocycles. The van der Waals surface area contributed by atoms with Crippen molar-refractivity contribution in [1.82, 2.24) is 4.98 Å². The monoisotopic (exact) mass is 298 g/mol. The van der Waals surface area contributed by atoms with Gasteiger partial charge in [0.15, 0.2) is 0 Å². The molecule has 2 N–H and O–H groups in total. The summed E-state index contributed by atoms with van der Waals surface area (Å²) in [5.74, 6) is 0. The molecule has 5 heteroatoms. The molecular formula is C8H9F2IN2. The van der Waals surface area contributed by atoms with Crippen LogP contribution in [0.2, 0.25) is 0 Å². The Morgan fingerprint density at radius 1 is 1.62 bits per heavy atom. The lowest BCUT2D eigenvalue weighted by atomic mass is 10.1. The smallest absolute Gasteiger partial charge is 0.264 e. The maximum absolute atomic E-state index is 12.5. The summed E-state index contributed by atoms with van der Waals surface area (Å²) >= 11 is 1.91. The van der Waals surface area contributed by atoms with Gasteiger partial charge >= 0.3 is 0 Å². The summed E-state index contributed by atoms with van der Waals surface area (Å²) in [5.41, 5.74) is 6.40. The topological polar surface area (TPSA) is 38.9 Å². The molecule has 72 valence electrons. The summed E-state index contributed by atoms with van der Waals surface area (Å²) in [4.78, 5) is 4.06. The fourth-order valence-electron chi connectivity index (χ4n) is 1.14. The van der Waals surface area contributed by atoms with Gasteiger partial charge < -0.3 is 5.73 Å². The van der Waals surface area contributed by atoms with E-state index >= 15 is 0 Å². The lowest BCUT2D eigenvalue weighted by Gasteiger charge is -2.09. The lowest BCUT2D eigenvalue weighted by Crippen LogP contribution is -2.07. The molecule has 2 nitrogen and oxygen atoms in total. The highest BCUT2D eigenvalue weighted by Crippen LogP contribution is 2.25. The molecule has 0 spiro atoms. The van der Waals surface area contributed by atoms with E-state index in [1.807, 2.05) is 22.6 Å². The van der Waals surface area contributed by atoms with E-state index in [9.17, 15) is 8.78 Å². The molecule has 1 rings (SSSR count). The first kappa shape index (κ1) is 10.8. The molecule has 0 bridgehead atoms. The van der Waals surface area contributed by atoms with E-state index in [-0.39, 0.29) is 12.1 Å². The van der Waals surface area contributed by atoms with Crippen molar-refractivity contribution in [3.63, 3.8) is 0 Å². The molecule has 1 aromatic rings. The molecule has 0 saturated carbocycles. The minimum Gasteiger partial charge on any atom is -0.326 e. The zero-order valence-electron chi connectivity index (χ0n) is 7.02. The van der Waals surface area contributed by atoms with Crippen LogP contribution in [0.5, 0.6) is 0 Å². The van der Waals surface area contributed by atoms with Gasteiger partial charge in [-0.2, -0.15) is 0 Å². The molecule has 0 unspecified atom stereocenters. The molecule has 0 aliphatic heterocycles. The highest BCUT2D eigenvalue weighted by atomic mass is 127. The number of hydrogen-bond donors (Lipinski definition) is 1. The van der Waals surface area contributed by atoms with Crippen LogP contribution in [0.1, 0.15) is 23.2 Å². The maximum atomic E-state index is 12.5. The van der Waals surface area contributed by atoms with Gasteiger partial charge in [-0.25, -0.2) is 13.8 Å². The van der Waals surface area contributed by atoms with Gasteiger partial charge in [-0.1, -0.05) is 0 Å². The summed E-state index contributed by atoms with van der Waals surface area (Å²) in [7, 11) is 0. The normalized spacial score (nSPS) is 10.9. The molecule has 0 radical (unpaired) electrons. The van der Waals surface area contributed by atoms with Gasteiger partial charge in [0.1, 0.15) is 3.70 Å². The molecule has 0 saturated heterocycles. The van der Waals surface area contributed by atoms with E-state index in [4.69, 9.17) is 5.73 Å². The summed E-state index contributed by atoms with van der Waals surface area (Å²) in [5, 5.41) is 0. The second-order valence-corrected chi connectivity index (χ2v) is 3.71. The Kier molecular flexibility index (Phi) is 3.55. The minimum atomic E-state index is -2.48. The third-order valence-corrected chi connectivity index (χ3v) is 2.33. The highest BCUT2D eigenvalue weighted by Gasteiger charge is 2.15. The fourth-order valence-corrected chi connectivity index (χ4v) is 1.84. The predicted octanol–water partition coefficient (Wildman–Crippen LogP) is 2.39. The lowest BCUT2D eigenvalue weighted by molar-refractivity contribution is 0.150. The van der Waals surface area contributed by atoms with Crippen LogP contribution in [0.3, 0.4) is 0 Å². The first-order valence-corrected chi connectivity index (χ1v) is 4.78. The first-order chi connectivity index (χ1) is 6.06. The molecule has 0 aromatic carbocycles. The third kappa shape index (κ3) is 2.34. The number of aryl methyl sites for hydroxylation is 1. The molecular weight excluding hydrogens is 289 g/mol. The van der Waals surface area contributed by atoms with Gasteiger partial charge in [0, 0.05) is 17.8 Å². The highest BCUT2D eigenvalue weighted by molar-refractivity contribution is 14.1. The van der Waals surface area contributed by atoms with E-state index in [1.165, 1.54) is 6.07 Å². The Bertz CT molecular complexity index is 315. The summed E-state index contributed by atoms with van der Waals surface area (Å²) in [6, 6.07) is 1.38. The number of nitrogens with two attached hydrogens (primary N) is 1. The van der Waals surface area contributed by atoms with E-state index in [1.54, 1.807) is 6.92 Å². The van der Waals surface area contributed by atoms with Crippen LogP contribution in [0.25, 0.3) is 0 Å². The van der Waals surface area contributed by atoms with Crippen molar-refractivity contribution >= 4 is 22.6 Å². The molecule has 0 atom stereocenters. The SMILES string of the molecule is Cc1nc(I)cc(C(F)F)c1CN. The van der Waals surface area contributed by atoms with Gasteiger partial charge in [0.05, 0.1) is 0 Å². The van der Waals surface area contributed by atoms with Crippen molar-refractivity contribution in [2.45, 2.75) is 19.9 Å². The Morgan fingerprint density at radius 2 is 2.23 bits per heavy atom. The fraction of sp³-hybridized carbons (Fsp3) is 0.375. The molecule has 0 fully saturated rings. The van der Waals surface area contributed by atoms with Crippen LogP contribution < -0.4 is 5.73 Å². The van der Waals surface area contributed by atoms with E-state index < -0.39 is 6.43 Å². The average Bonchev–Trinajstić information content (AvgIpc) is 2.02. The van der Waals surface area contributed by atoms with Crippen molar-refractivity contribution in [1.29, 1.82) is 0 Å². The molecule has 0 amide bonds. The largest absolute Gasteiger partial charge is 0.326 e. The van der Waals surface area contributed by atoms with Crippen molar-refractivity contribution in [3.05, 3.63) is 26.6 Å². The summed E-state index contributed by atoms with van der Waals surface area (Å²) < 4.78 is 25.5. The maximum Gasteiger partial charge on any atom is 0.264 e. The first-order valence-electron chi connectivity index (χ1n) is 3.70. The van der Waals surface area contributed by atoms with Crippen molar-refractivity contribution < 1.29 is 8.78 Å². The Balaban J connectivity index is 3.29. The molecule has 13 heavy (non-hydrogen) atoms. The predicted molar refractivity (Wildman–Crippen MR) is 54.5 cm³/mol. The van der Waals surface area contributed by atoms with E-state index in [2.05, 4.69) is 4.98 Å². The molecule has 1 aromatic heterocycles.